The van der Waals surface area contributed by atoms with E-state index in [0.29, 0.717) is 41.5 Å². The second-order valence-electron chi connectivity index (χ2n) is 5.34. The molecule has 6 heteroatoms. The number of carbonyl (C=O) groups is 2. The lowest BCUT2D eigenvalue weighted by Gasteiger charge is -2.13. The second kappa shape index (κ2) is 8.73. The number of nitrogens with two attached hydrogens (primary N) is 1. The molecule has 2 amide bonds. The molecule has 2 aromatic carbocycles. The van der Waals surface area contributed by atoms with Gasteiger partial charge in [0.1, 0.15) is 0 Å². The number of hydrogen-bond acceptors (Lipinski definition) is 4. The Hall–Kier alpha value is -3.02. The van der Waals surface area contributed by atoms with E-state index in [2.05, 4.69) is 5.32 Å². The first-order chi connectivity index (χ1) is 12.0. The molecule has 0 radical (unpaired) electrons. The van der Waals surface area contributed by atoms with E-state index in [1.165, 1.54) is 0 Å². The van der Waals surface area contributed by atoms with E-state index in [-0.39, 0.29) is 5.91 Å². The van der Waals surface area contributed by atoms with Crippen molar-refractivity contribution in [3.63, 3.8) is 0 Å². The molecule has 6 nitrogen and oxygen atoms in total. The van der Waals surface area contributed by atoms with Gasteiger partial charge in [-0.3, -0.25) is 9.59 Å². The topological polar surface area (TPSA) is 90.6 Å². The van der Waals surface area contributed by atoms with E-state index in [9.17, 15) is 9.59 Å². The van der Waals surface area contributed by atoms with Gasteiger partial charge in [0.25, 0.3) is 5.91 Å². The molecular formula is C19H22N2O4. The van der Waals surface area contributed by atoms with E-state index < -0.39 is 5.91 Å². The number of hydrogen-bond donors (Lipinski definition) is 2. The van der Waals surface area contributed by atoms with E-state index in [1.807, 2.05) is 13.8 Å². The minimum atomic E-state index is -0.512. The van der Waals surface area contributed by atoms with Crippen molar-refractivity contribution in [1.82, 2.24) is 0 Å². The Bertz CT molecular complexity index is 742. The molecule has 0 bridgehead atoms. The van der Waals surface area contributed by atoms with Gasteiger partial charge in [-0.1, -0.05) is 6.92 Å². The van der Waals surface area contributed by atoms with Crippen molar-refractivity contribution in [3.05, 3.63) is 53.6 Å². The molecule has 0 aliphatic heterocycles. The Labute approximate surface area is 146 Å². The summed E-state index contributed by atoms with van der Waals surface area (Å²) in [6.07, 6.45) is 0.884. The number of ether oxygens (including phenoxy) is 2. The van der Waals surface area contributed by atoms with Gasteiger partial charge in [-0.05, 0) is 55.8 Å². The molecule has 0 aromatic heterocycles. The lowest BCUT2D eigenvalue weighted by atomic mass is 10.1. The van der Waals surface area contributed by atoms with Crippen LogP contribution in [0.5, 0.6) is 11.5 Å². The lowest BCUT2D eigenvalue weighted by Crippen LogP contribution is -2.13. The molecule has 0 atom stereocenters. The summed E-state index contributed by atoms with van der Waals surface area (Å²) in [5, 5.41) is 2.77. The van der Waals surface area contributed by atoms with E-state index >= 15 is 0 Å². The Morgan fingerprint density at radius 1 is 0.960 bits per heavy atom. The Morgan fingerprint density at radius 2 is 1.64 bits per heavy atom. The molecule has 0 saturated carbocycles. The van der Waals surface area contributed by atoms with Crippen LogP contribution in [-0.2, 0) is 0 Å². The number of primary amides is 1. The van der Waals surface area contributed by atoms with E-state index in [1.54, 1.807) is 42.5 Å². The van der Waals surface area contributed by atoms with Gasteiger partial charge in [0.05, 0.1) is 13.2 Å². The highest BCUT2D eigenvalue weighted by atomic mass is 16.5. The minimum Gasteiger partial charge on any atom is -0.490 e. The summed E-state index contributed by atoms with van der Waals surface area (Å²) in [5.41, 5.74) is 6.60. The van der Waals surface area contributed by atoms with Crippen LogP contribution >= 0.6 is 0 Å². The molecule has 25 heavy (non-hydrogen) atoms. The molecule has 2 aromatic rings. The monoisotopic (exact) mass is 342 g/mol. The Morgan fingerprint density at radius 3 is 2.24 bits per heavy atom. The van der Waals surface area contributed by atoms with Crippen molar-refractivity contribution in [1.29, 1.82) is 0 Å². The maximum absolute atomic E-state index is 12.4. The molecular weight excluding hydrogens is 320 g/mol. The van der Waals surface area contributed by atoms with Crippen LogP contribution in [0.15, 0.2) is 42.5 Å². The third kappa shape index (κ3) is 4.97. The van der Waals surface area contributed by atoms with Crippen LogP contribution in [0.1, 0.15) is 41.0 Å². The minimum absolute atomic E-state index is 0.283. The molecule has 0 fully saturated rings. The molecule has 0 unspecified atom stereocenters. The molecule has 0 aliphatic carbocycles. The molecule has 0 saturated heterocycles. The Kier molecular flexibility index (Phi) is 6.39. The predicted molar refractivity (Wildman–Crippen MR) is 96.3 cm³/mol. The van der Waals surface area contributed by atoms with Gasteiger partial charge in [0.2, 0.25) is 5.91 Å². The first-order valence-electron chi connectivity index (χ1n) is 8.16. The average molecular weight is 342 g/mol. The van der Waals surface area contributed by atoms with Crippen LogP contribution in [0.25, 0.3) is 0 Å². The van der Waals surface area contributed by atoms with Crippen LogP contribution in [0, 0.1) is 0 Å². The number of benzene rings is 2. The van der Waals surface area contributed by atoms with Gasteiger partial charge in [0, 0.05) is 16.8 Å². The molecule has 0 spiro atoms. The summed E-state index contributed by atoms with van der Waals surface area (Å²) in [5.74, 6) is 0.357. The maximum atomic E-state index is 12.4. The zero-order valence-electron chi connectivity index (χ0n) is 14.4. The van der Waals surface area contributed by atoms with Crippen LogP contribution in [0.2, 0.25) is 0 Å². The molecule has 0 aliphatic rings. The highest BCUT2D eigenvalue weighted by Crippen LogP contribution is 2.29. The van der Waals surface area contributed by atoms with Gasteiger partial charge in [0.15, 0.2) is 11.5 Å². The lowest BCUT2D eigenvalue weighted by molar-refractivity contribution is 0.0998. The smallest absolute Gasteiger partial charge is 0.255 e. The number of amides is 2. The third-order valence-electron chi connectivity index (χ3n) is 3.39. The molecule has 2 rings (SSSR count). The highest BCUT2D eigenvalue weighted by molar-refractivity contribution is 6.05. The normalized spacial score (nSPS) is 10.2. The van der Waals surface area contributed by atoms with Crippen molar-refractivity contribution in [2.75, 3.05) is 18.5 Å². The average Bonchev–Trinajstić information content (AvgIpc) is 2.61. The quantitative estimate of drug-likeness (QED) is 0.770. The van der Waals surface area contributed by atoms with E-state index in [0.717, 1.165) is 6.42 Å². The Balaban J connectivity index is 2.14. The fraction of sp³-hybridized carbons (Fsp3) is 0.263. The summed E-state index contributed by atoms with van der Waals surface area (Å²) >= 11 is 0. The third-order valence-corrected chi connectivity index (χ3v) is 3.39. The zero-order valence-corrected chi connectivity index (χ0v) is 14.4. The first kappa shape index (κ1) is 18.3. The fourth-order valence-corrected chi connectivity index (χ4v) is 2.17. The van der Waals surface area contributed by atoms with Crippen LogP contribution in [0.4, 0.5) is 5.69 Å². The van der Waals surface area contributed by atoms with Crippen molar-refractivity contribution in [2.45, 2.75) is 20.3 Å². The van der Waals surface area contributed by atoms with Crippen molar-refractivity contribution in [2.24, 2.45) is 5.73 Å². The van der Waals surface area contributed by atoms with Gasteiger partial charge in [-0.2, -0.15) is 0 Å². The maximum Gasteiger partial charge on any atom is 0.255 e. The predicted octanol–water partition coefficient (Wildman–Crippen LogP) is 3.23. The van der Waals surface area contributed by atoms with Crippen molar-refractivity contribution >= 4 is 17.5 Å². The fourth-order valence-electron chi connectivity index (χ4n) is 2.17. The van der Waals surface area contributed by atoms with Gasteiger partial charge in [-0.25, -0.2) is 0 Å². The summed E-state index contributed by atoms with van der Waals surface area (Å²) in [7, 11) is 0. The number of nitrogens with one attached hydrogen (secondary N) is 1. The van der Waals surface area contributed by atoms with E-state index in [4.69, 9.17) is 15.2 Å². The standard InChI is InChI=1S/C19H22N2O4/c1-3-11-25-16-10-7-14(12-17(16)24-4-2)19(23)21-15-8-5-13(6-9-15)18(20)22/h5-10,12H,3-4,11H2,1-2H3,(H2,20,22)(H,21,23). The summed E-state index contributed by atoms with van der Waals surface area (Å²) in [4.78, 5) is 23.5. The SMILES string of the molecule is CCCOc1ccc(C(=O)Nc2ccc(C(N)=O)cc2)cc1OCC. The summed E-state index contributed by atoms with van der Waals surface area (Å²) in [6.45, 7) is 4.95. The number of anilines is 1. The van der Waals surface area contributed by atoms with Gasteiger partial charge < -0.3 is 20.5 Å². The molecule has 132 valence electrons. The zero-order chi connectivity index (χ0) is 18.2. The van der Waals surface area contributed by atoms with Crippen LogP contribution < -0.4 is 20.5 Å². The number of carbonyl (C=O) groups excluding carboxylic acids is 2. The molecule has 0 heterocycles. The van der Waals surface area contributed by atoms with Gasteiger partial charge in [-0.15, -0.1) is 0 Å². The first-order valence-corrected chi connectivity index (χ1v) is 8.16. The van der Waals surface area contributed by atoms with Crippen molar-refractivity contribution in [3.8, 4) is 11.5 Å². The second-order valence-corrected chi connectivity index (χ2v) is 5.34. The number of rotatable bonds is 8. The highest BCUT2D eigenvalue weighted by Gasteiger charge is 2.12. The summed E-state index contributed by atoms with van der Waals surface area (Å²) in [6, 6.07) is 11.4. The molecule has 3 N–H and O–H groups in total. The largest absolute Gasteiger partial charge is 0.490 e. The summed E-state index contributed by atoms with van der Waals surface area (Å²) < 4.78 is 11.2. The van der Waals surface area contributed by atoms with Crippen molar-refractivity contribution < 1.29 is 19.1 Å². The van der Waals surface area contributed by atoms with Crippen LogP contribution in [0.3, 0.4) is 0 Å². The van der Waals surface area contributed by atoms with Crippen LogP contribution in [-0.4, -0.2) is 25.0 Å². The van der Waals surface area contributed by atoms with Gasteiger partial charge >= 0.3 is 0 Å².